The zero-order chi connectivity index (χ0) is 14.1. The topological polar surface area (TPSA) is 20.2 Å². The number of halogens is 2. The Morgan fingerprint density at radius 1 is 1.30 bits per heavy atom. The molecule has 0 amide bonds. The third-order valence-corrected chi connectivity index (χ3v) is 5.08. The Kier molecular flexibility index (Phi) is 4.01. The van der Waals surface area contributed by atoms with E-state index in [0.29, 0.717) is 10.6 Å². The molecule has 2 unspecified atom stereocenters. The second-order valence-electron chi connectivity index (χ2n) is 4.96. The van der Waals surface area contributed by atoms with Crippen molar-refractivity contribution in [3.63, 3.8) is 0 Å². The van der Waals surface area contributed by atoms with Crippen molar-refractivity contribution in [1.82, 2.24) is 0 Å². The van der Waals surface area contributed by atoms with E-state index in [-0.39, 0.29) is 18.2 Å². The van der Waals surface area contributed by atoms with Gasteiger partial charge in [-0.05, 0) is 35.4 Å². The molecule has 1 aliphatic rings. The summed E-state index contributed by atoms with van der Waals surface area (Å²) in [6, 6.07) is 12.5. The summed E-state index contributed by atoms with van der Waals surface area (Å²) in [4.78, 5) is 1.21. The number of hydrogen-bond donors (Lipinski definition) is 1. The third kappa shape index (κ3) is 2.71. The SMILES string of the molecule is OC(Cc1cc(Cl)ccc1F)C1CSc2ccccc21. The van der Waals surface area contributed by atoms with Crippen LogP contribution >= 0.6 is 23.4 Å². The molecule has 0 radical (unpaired) electrons. The van der Waals surface area contributed by atoms with Gasteiger partial charge in [-0.15, -0.1) is 11.8 Å². The van der Waals surface area contributed by atoms with Crippen molar-refractivity contribution in [2.24, 2.45) is 0 Å². The fourth-order valence-electron chi connectivity index (χ4n) is 2.57. The standard InChI is InChI=1S/C16H14ClFOS/c17-11-5-6-14(18)10(7-11)8-15(19)13-9-20-16-4-2-1-3-12(13)16/h1-7,13,15,19H,8-9H2. The fourth-order valence-corrected chi connectivity index (χ4v) is 4.09. The van der Waals surface area contributed by atoms with Crippen molar-refractivity contribution in [3.8, 4) is 0 Å². The van der Waals surface area contributed by atoms with Gasteiger partial charge in [-0.1, -0.05) is 29.8 Å². The summed E-state index contributed by atoms with van der Waals surface area (Å²) in [6.07, 6.45) is -0.314. The number of hydrogen-bond acceptors (Lipinski definition) is 2. The van der Waals surface area contributed by atoms with Gasteiger partial charge in [0.15, 0.2) is 0 Å². The van der Waals surface area contributed by atoms with Crippen LogP contribution in [0.5, 0.6) is 0 Å². The number of rotatable bonds is 3. The Labute approximate surface area is 126 Å². The number of aliphatic hydroxyl groups excluding tert-OH is 1. The predicted molar refractivity (Wildman–Crippen MR) is 81.0 cm³/mol. The Bertz CT molecular complexity index is 632. The fraction of sp³-hybridized carbons (Fsp3) is 0.250. The number of aliphatic hydroxyl groups is 1. The van der Waals surface area contributed by atoms with Gasteiger partial charge in [0.05, 0.1) is 6.10 Å². The number of benzene rings is 2. The molecular weight excluding hydrogens is 295 g/mol. The molecule has 20 heavy (non-hydrogen) atoms. The van der Waals surface area contributed by atoms with Gasteiger partial charge in [-0.25, -0.2) is 4.39 Å². The smallest absolute Gasteiger partial charge is 0.126 e. The lowest BCUT2D eigenvalue weighted by atomic mass is 9.91. The summed E-state index contributed by atoms with van der Waals surface area (Å²) in [5.74, 6) is 0.574. The van der Waals surface area contributed by atoms with Crippen molar-refractivity contribution >= 4 is 23.4 Å². The molecule has 1 heterocycles. The summed E-state index contributed by atoms with van der Waals surface area (Å²) < 4.78 is 13.7. The molecular formula is C16H14ClFOS. The van der Waals surface area contributed by atoms with E-state index < -0.39 is 6.10 Å². The Balaban J connectivity index is 1.81. The van der Waals surface area contributed by atoms with Crippen LogP contribution in [-0.4, -0.2) is 17.0 Å². The molecule has 2 aromatic rings. The highest BCUT2D eigenvalue weighted by Gasteiger charge is 2.29. The van der Waals surface area contributed by atoms with Crippen LogP contribution in [0.3, 0.4) is 0 Å². The van der Waals surface area contributed by atoms with E-state index >= 15 is 0 Å². The van der Waals surface area contributed by atoms with Crippen LogP contribution in [0.15, 0.2) is 47.4 Å². The molecule has 3 rings (SSSR count). The molecule has 0 aliphatic carbocycles. The van der Waals surface area contributed by atoms with Gasteiger partial charge >= 0.3 is 0 Å². The minimum atomic E-state index is -0.598. The molecule has 104 valence electrons. The molecule has 0 saturated heterocycles. The predicted octanol–water partition coefficient (Wildman–Crippen LogP) is 4.27. The van der Waals surface area contributed by atoms with Crippen molar-refractivity contribution in [2.75, 3.05) is 5.75 Å². The first-order chi connectivity index (χ1) is 9.65. The largest absolute Gasteiger partial charge is 0.392 e. The van der Waals surface area contributed by atoms with Gasteiger partial charge in [0, 0.05) is 28.0 Å². The zero-order valence-electron chi connectivity index (χ0n) is 10.7. The summed E-state index contributed by atoms with van der Waals surface area (Å²) in [5, 5.41) is 10.9. The molecule has 4 heteroatoms. The van der Waals surface area contributed by atoms with E-state index in [1.165, 1.54) is 17.0 Å². The van der Waals surface area contributed by atoms with Gasteiger partial charge in [-0.3, -0.25) is 0 Å². The maximum atomic E-state index is 13.7. The Morgan fingerprint density at radius 2 is 2.10 bits per heavy atom. The van der Waals surface area contributed by atoms with Crippen LogP contribution in [0.25, 0.3) is 0 Å². The van der Waals surface area contributed by atoms with Gasteiger partial charge in [0.1, 0.15) is 5.82 Å². The van der Waals surface area contributed by atoms with E-state index in [9.17, 15) is 9.50 Å². The summed E-state index contributed by atoms with van der Waals surface area (Å²) >= 11 is 7.63. The quantitative estimate of drug-likeness (QED) is 0.913. The van der Waals surface area contributed by atoms with Crippen molar-refractivity contribution in [3.05, 3.63) is 64.4 Å². The normalized spacial score (nSPS) is 18.9. The van der Waals surface area contributed by atoms with Crippen LogP contribution in [0.4, 0.5) is 4.39 Å². The van der Waals surface area contributed by atoms with E-state index in [2.05, 4.69) is 6.07 Å². The third-order valence-electron chi connectivity index (χ3n) is 3.64. The zero-order valence-corrected chi connectivity index (χ0v) is 12.3. The van der Waals surface area contributed by atoms with Crippen LogP contribution < -0.4 is 0 Å². The van der Waals surface area contributed by atoms with Gasteiger partial charge in [0.25, 0.3) is 0 Å². The maximum absolute atomic E-state index is 13.7. The molecule has 0 spiro atoms. The van der Waals surface area contributed by atoms with Crippen LogP contribution in [0.1, 0.15) is 17.0 Å². The second-order valence-corrected chi connectivity index (χ2v) is 6.46. The van der Waals surface area contributed by atoms with Gasteiger partial charge in [-0.2, -0.15) is 0 Å². The van der Waals surface area contributed by atoms with Crippen molar-refractivity contribution in [2.45, 2.75) is 23.3 Å². The van der Waals surface area contributed by atoms with Crippen LogP contribution in [0.2, 0.25) is 5.02 Å². The summed E-state index contributed by atoms with van der Waals surface area (Å²) in [6.45, 7) is 0. The number of fused-ring (bicyclic) bond motifs is 1. The Morgan fingerprint density at radius 3 is 2.95 bits per heavy atom. The highest BCUT2D eigenvalue weighted by atomic mass is 35.5. The molecule has 1 nitrogen and oxygen atoms in total. The summed E-state index contributed by atoms with van der Waals surface area (Å²) in [5.41, 5.74) is 1.63. The minimum Gasteiger partial charge on any atom is -0.392 e. The molecule has 0 bridgehead atoms. The molecule has 2 aromatic carbocycles. The molecule has 1 aliphatic heterocycles. The highest BCUT2D eigenvalue weighted by Crippen LogP contribution is 2.41. The van der Waals surface area contributed by atoms with E-state index in [4.69, 9.17) is 11.6 Å². The first-order valence-corrected chi connectivity index (χ1v) is 7.85. The average molecular weight is 309 g/mol. The van der Waals surface area contributed by atoms with Gasteiger partial charge < -0.3 is 5.11 Å². The first-order valence-electron chi connectivity index (χ1n) is 6.49. The van der Waals surface area contributed by atoms with Crippen molar-refractivity contribution in [1.29, 1.82) is 0 Å². The van der Waals surface area contributed by atoms with E-state index in [1.54, 1.807) is 17.8 Å². The lowest BCUT2D eigenvalue weighted by Crippen LogP contribution is -2.21. The monoisotopic (exact) mass is 308 g/mol. The summed E-state index contributed by atoms with van der Waals surface area (Å²) in [7, 11) is 0. The molecule has 0 fully saturated rings. The lowest BCUT2D eigenvalue weighted by molar-refractivity contribution is 0.150. The first kappa shape index (κ1) is 13.9. The second kappa shape index (κ2) is 5.76. The Hall–Kier alpha value is -1.03. The highest BCUT2D eigenvalue weighted by molar-refractivity contribution is 7.99. The molecule has 2 atom stereocenters. The van der Waals surface area contributed by atoms with Crippen LogP contribution in [0, 0.1) is 5.82 Å². The number of thioether (sulfide) groups is 1. The van der Waals surface area contributed by atoms with E-state index in [1.807, 2.05) is 18.2 Å². The van der Waals surface area contributed by atoms with Gasteiger partial charge in [0.2, 0.25) is 0 Å². The maximum Gasteiger partial charge on any atom is 0.126 e. The van der Waals surface area contributed by atoms with Crippen molar-refractivity contribution < 1.29 is 9.50 Å². The minimum absolute atomic E-state index is 0.0505. The van der Waals surface area contributed by atoms with E-state index in [0.717, 1.165) is 11.3 Å². The molecule has 1 N–H and O–H groups in total. The average Bonchev–Trinajstić information content (AvgIpc) is 2.87. The molecule has 0 saturated carbocycles. The van der Waals surface area contributed by atoms with Crippen LogP contribution in [-0.2, 0) is 6.42 Å². The lowest BCUT2D eigenvalue weighted by Gasteiger charge is -2.19. The molecule has 0 aromatic heterocycles.